The number of nitrogens with zero attached hydrogens (tertiary/aromatic N) is 2. The van der Waals surface area contributed by atoms with E-state index < -0.39 is 0 Å². The molecule has 5 nitrogen and oxygen atoms in total. The minimum absolute atomic E-state index is 0.00565. The molecule has 0 fully saturated rings. The lowest BCUT2D eigenvalue weighted by Gasteiger charge is -2.09. The van der Waals surface area contributed by atoms with Gasteiger partial charge in [0.15, 0.2) is 0 Å². The van der Waals surface area contributed by atoms with Crippen LogP contribution in [0.15, 0.2) is 73.1 Å². The maximum Gasteiger partial charge on any atom is 0.222 e. The van der Waals surface area contributed by atoms with E-state index in [1.807, 2.05) is 66.9 Å². The van der Waals surface area contributed by atoms with E-state index in [0.717, 1.165) is 16.9 Å². The van der Waals surface area contributed by atoms with Gasteiger partial charge in [0.1, 0.15) is 12.4 Å². The molecule has 25 heavy (non-hydrogen) atoms. The van der Waals surface area contributed by atoms with Crippen LogP contribution in [0.25, 0.3) is 0 Å². The number of rotatable bonds is 8. The van der Waals surface area contributed by atoms with Crippen molar-refractivity contribution in [3.05, 3.63) is 84.2 Å². The lowest BCUT2D eigenvalue weighted by Crippen LogP contribution is -2.24. The van der Waals surface area contributed by atoms with Crippen LogP contribution in [0.4, 0.5) is 0 Å². The smallest absolute Gasteiger partial charge is 0.222 e. The Morgan fingerprint density at radius 3 is 2.68 bits per heavy atom. The van der Waals surface area contributed by atoms with Gasteiger partial charge in [-0.25, -0.2) is 0 Å². The van der Waals surface area contributed by atoms with E-state index in [1.54, 1.807) is 10.9 Å². The molecule has 0 spiro atoms. The zero-order valence-corrected chi connectivity index (χ0v) is 14.0. The molecule has 0 aliphatic heterocycles. The predicted octanol–water partition coefficient (Wildman–Crippen LogP) is 3.17. The quantitative estimate of drug-likeness (QED) is 0.688. The molecule has 0 bridgehead atoms. The Hall–Kier alpha value is -3.08. The number of amides is 1. The molecule has 0 saturated carbocycles. The third-order valence-corrected chi connectivity index (χ3v) is 3.76. The van der Waals surface area contributed by atoms with E-state index in [-0.39, 0.29) is 5.91 Å². The van der Waals surface area contributed by atoms with E-state index in [2.05, 4.69) is 10.4 Å². The van der Waals surface area contributed by atoms with Crippen molar-refractivity contribution in [2.24, 2.45) is 0 Å². The topological polar surface area (TPSA) is 56.2 Å². The van der Waals surface area contributed by atoms with Crippen LogP contribution in [0, 0.1) is 0 Å². The van der Waals surface area contributed by atoms with Gasteiger partial charge in [-0.3, -0.25) is 9.48 Å². The fraction of sp³-hybridized carbons (Fsp3) is 0.200. The third kappa shape index (κ3) is 5.49. The molecule has 3 aromatic rings. The zero-order valence-electron chi connectivity index (χ0n) is 14.0. The van der Waals surface area contributed by atoms with Crippen LogP contribution in [0.3, 0.4) is 0 Å². The van der Waals surface area contributed by atoms with E-state index in [0.29, 0.717) is 26.1 Å². The van der Waals surface area contributed by atoms with Gasteiger partial charge in [0.05, 0.1) is 0 Å². The average Bonchev–Trinajstić information content (AvgIpc) is 3.18. The molecule has 0 atom stereocenters. The van der Waals surface area contributed by atoms with Crippen molar-refractivity contribution < 1.29 is 9.53 Å². The molecule has 1 N–H and O–H groups in total. The maximum atomic E-state index is 11.9. The van der Waals surface area contributed by atoms with Crippen LogP contribution < -0.4 is 10.1 Å². The predicted molar refractivity (Wildman–Crippen MR) is 95.9 cm³/mol. The average molecular weight is 335 g/mol. The first-order chi connectivity index (χ1) is 12.3. The summed E-state index contributed by atoms with van der Waals surface area (Å²) >= 11 is 0. The molecule has 1 amide bonds. The van der Waals surface area contributed by atoms with Gasteiger partial charge >= 0.3 is 0 Å². The molecule has 2 aromatic carbocycles. The minimum Gasteiger partial charge on any atom is -0.489 e. The standard InChI is InChI=1S/C20H21N3O2/c24-20(10-13-23-12-5-11-22-23)21-15-18-8-4-9-19(14-18)25-16-17-6-2-1-3-7-17/h1-9,11-12,14H,10,13,15-16H2,(H,21,24). The second-order valence-corrected chi connectivity index (χ2v) is 5.72. The first-order valence-electron chi connectivity index (χ1n) is 8.29. The summed E-state index contributed by atoms with van der Waals surface area (Å²) in [5, 5.41) is 7.01. The van der Waals surface area contributed by atoms with Crippen LogP contribution >= 0.6 is 0 Å². The summed E-state index contributed by atoms with van der Waals surface area (Å²) in [6, 6.07) is 19.7. The number of benzene rings is 2. The van der Waals surface area contributed by atoms with Crippen molar-refractivity contribution in [3.63, 3.8) is 0 Å². The molecule has 1 heterocycles. The first-order valence-corrected chi connectivity index (χ1v) is 8.29. The molecule has 1 aromatic heterocycles. The number of hydrogen-bond acceptors (Lipinski definition) is 3. The first kappa shape index (κ1) is 16.8. The molecule has 0 saturated heterocycles. The molecule has 0 radical (unpaired) electrons. The summed E-state index contributed by atoms with van der Waals surface area (Å²) in [6.45, 7) is 1.60. The highest BCUT2D eigenvalue weighted by molar-refractivity contribution is 5.75. The van der Waals surface area contributed by atoms with E-state index in [9.17, 15) is 4.79 Å². The third-order valence-electron chi connectivity index (χ3n) is 3.76. The van der Waals surface area contributed by atoms with Gasteiger partial charge in [-0.05, 0) is 29.3 Å². The van der Waals surface area contributed by atoms with E-state index in [4.69, 9.17) is 4.74 Å². The molecule has 3 rings (SSSR count). The number of aromatic nitrogens is 2. The summed E-state index contributed by atoms with van der Waals surface area (Å²) in [5.41, 5.74) is 2.14. The number of aryl methyl sites for hydroxylation is 1. The molecule has 0 unspecified atom stereocenters. The summed E-state index contributed by atoms with van der Waals surface area (Å²) < 4.78 is 7.56. The number of carbonyl (C=O) groups is 1. The van der Waals surface area contributed by atoms with Crippen LogP contribution in [-0.4, -0.2) is 15.7 Å². The Kier molecular flexibility index (Phi) is 5.82. The lowest BCUT2D eigenvalue weighted by atomic mass is 10.2. The van der Waals surface area contributed by atoms with Crippen molar-refractivity contribution in [2.45, 2.75) is 26.1 Å². The van der Waals surface area contributed by atoms with E-state index >= 15 is 0 Å². The summed E-state index contributed by atoms with van der Waals surface area (Å²) in [7, 11) is 0. The van der Waals surface area contributed by atoms with Crippen molar-refractivity contribution in [1.82, 2.24) is 15.1 Å². The number of hydrogen-bond donors (Lipinski definition) is 1. The SMILES string of the molecule is O=C(CCn1cccn1)NCc1cccc(OCc2ccccc2)c1. The molecule has 0 aliphatic carbocycles. The highest BCUT2D eigenvalue weighted by Crippen LogP contribution is 2.15. The highest BCUT2D eigenvalue weighted by atomic mass is 16.5. The van der Waals surface area contributed by atoms with Gasteiger partial charge in [-0.1, -0.05) is 42.5 Å². The Morgan fingerprint density at radius 2 is 1.88 bits per heavy atom. The fourth-order valence-electron chi connectivity index (χ4n) is 2.42. The van der Waals surface area contributed by atoms with Gasteiger partial charge in [-0.15, -0.1) is 0 Å². The normalized spacial score (nSPS) is 10.4. The van der Waals surface area contributed by atoms with Crippen LogP contribution in [-0.2, 0) is 24.5 Å². The Bertz CT molecular complexity index is 786. The van der Waals surface area contributed by atoms with Crippen LogP contribution in [0.5, 0.6) is 5.75 Å². The van der Waals surface area contributed by atoms with Crippen molar-refractivity contribution in [1.29, 1.82) is 0 Å². The largest absolute Gasteiger partial charge is 0.489 e. The number of ether oxygens (including phenoxy) is 1. The Morgan fingerprint density at radius 1 is 1.04 bits per heavy atom. The maximum absolute atomic E-state index is 11.9. The highest BCUT2D eigenvalue weighted by Gasteiger charge is 2.03. The summed E-state index contributed by atoms with van der Waals surface area (Å²) in [4.78, 5) is 11.9. The molecule has 5 heteroatoms. The molecular formula is C20H21N3O2. The summed E-state index contributed by atoms with van der Waals surface area (Å²) in [6.07, 6.45) is 3.96. The lowest BCUT2D eigenvalue weighted by molar-refractivity contribution is -0.121. The molecular weight excluding hydrogens is 314 g/mol. The molecule has 128 valence electrons. The zero-order chi connectivity index (χ0) is 17.3. The Balaban J connectivity index is 1.45. The molecule has 0 aliphatic rings. The van der Waals surface area contributed by atoms with Gasteiger partial charge in [-0.2, -0.15) is 5.10 Å². The second-order valence-electron chi connectivity index (χ2n) is 5.72. The van der Waals surface area contributed by atoms with Crippen molar-refractivity contribution in [2.75, 3.05) is 0 Å². The Labute approximate surface area is 147 Å². The van der Waals surface area contributed by atoms with Crippen LogP contribution in [0.1, 0.15) is 17.5 Å². The number of carbonyl (C=O) groups excluding carboxylic acids is 1. The van der Waals surface area contributed by atoms with Crippen molar-refractivity contribution in [3.8, 4) is 5.75 Å². The van der Waals surface area contributed by atoms with Gasteiger partial charge in [0, 0.05) is 31.9 Å². The van der Waals surface area contributed by atoms with Gasteiger partial charge in [0.25, 0.3) is 0 Å². The second kappa shape index (κ2) is 8.68. The van der Waals surface area contributed by atoms with Crippen LogP contribution in [0.2, 0.25) is 0 Å². The van der Waals surface area contributed by atoms with Crippen molar-refractivity contribution >= 4 is 5.91 Å². The summed E-state index contributed by atoms with van der Waals surface area (Å²) in [5.74, 6) is 0.804. The van der Waals surface area contributed by atoms with Gasteiger partial charge in [0.2, 0.25) is 5.91 Å². The van der Waals surface area contributed by atoms with Gasteiger partial charge < -0.3 is 10.1 Å². The number of nitrogens with one attached hydrogen (secondary N) is 1. The van der Waals surface area contributed by atoms with E-state index in [1.165, 1.54) is 0 Å². The minimum atomic E-state index is 0.00565. The monoisotopic (exact) mass is 335 g/mol. The fourth-order valence-corrected chi connectivity index (χ4v) is 2.42.